The summed E-state index contributed by atoms with van der Waals surface area (Å²) < 4.78 is 5.81. The van der Waals surface area contributed by atoms with Gasteiger partial charge in [-0.25, -0.2) is 0 Å². The Balaban J connectivity index is 2.05. The maximum atomic E-state index is 10.9. The van der Waals surface area contributed by atoms with E-state index in [1.807, 2.05) is 66.4 Å². The Hall–Kier alpha value is -2.33. The van der Waals surface area contributed by atoms with Crippen molar-refractivity contribution in [1.82, 2.24) is 4.90 Å². The predicted molar refractivity (Wildman–Crippen MR) is 86.2 cm³/mol. The van der Waals surface area contributed by atoms with Crippen LogP contribution in [0.1, 0.15) is 18.9 Å². The molecule has 2 rings (SSSR count). The molecule has 0 aliphatic rings. The standard InChI is InChI=1S/C18H21NO3/c1-2-11-19(14-18(20)21)13-15-7-6-10-17(12-15)22-16-8-4-3-5-9-16/h3-10,12H,2,11,13-14H2,1H3,(H,20,21). The zero-order chi connectivity index (χ0) is 15.8. The van der Waals surface area contributed by atoms with Gasteiger partial charge in [0.25, 0.3) is 0 Å². The van der Waals surface area contributed by atoms with E-state index >= 15 is 0 Å². The molecule has 1 N–H and O–H groups in total. The number of nitrogens with zero attached hydrogens (tertiary/aromatic N) is 1. The molecule has 0 saturated heterocycles. The van der Waals surface area contributed by atoms with Crippen LogP contribution in [0.25, 0.3) is 0 Å². The summed E-state index contributed by atoms with van der Waals surface area (Å²) in [6.07, 6.45) is 0.924. The maximum absolute atomic E-state index is 10.9. The number of para-hydroxylation sites is 1. The van der Waals surface area contributed by atoms with Crippen LogP contribution in [0.2, 0.25) is 0 Å². The fourth-order valence-corrected chi connectivity index (χ4v) is 2.31. The van der Waals surface area contributed by atoms with Gasteiger partial charge in [-0.2, -0.15) is 0 Å². The van der Waals surface area contributed by atoms with Crippen molar-refractivity contribution in [1.29, 1.82) is 0 Å². The number of aliphatic carboxylic acids is 1. The van der Waals surface area contributed by atoms with Gasteiger partial charge >= 0.3 is 5.97 Å². The maximum Gasteiger partial charge on any atom is 0.317 e. The minimum Gasteiger partial charge on any atom is -0.480 e. The molecule has 0 spiro atoms. The summed E-state index contributed by atoms with van der Waals surface area (Å²) in [5, 5.41) is 8.97. The van der Waals surface area contributed by atoms with Crippen LogP contribution in [0.5, 0.6) is 11.5 Å². The Kier molecular flexibility index (Phi) is 5.98. The SMILES string of the molecule is CCCN(CC(=O)O)Cc1cccc(Oc2ccccc2)c1. The van der Waals surface area contributed by atoms with Crippen molar-refractivity contribution >= 4 is 5.97 Å². The molecule has 116 valence electrons. The lowest BCUT2D eigenvalue weighted by atomic mass is 10.2. The molecule has 0 atom stereocenters. The Morgan fingerprint density at radius 3 is 2.50 bits per heavy atom. The van der Waals surface area contributed by atoms with Crippen LogP contribution in [0, 0.1) is 0 Å². The normalized spacial score (nSPS) is 10.6. The Morgan fingerprint density at radius 2 is 1.82 bits per heavy atom. The summed E-state index contributed by atoms with van der Waals surface area (Å²) in [6.45, 7) is 3.46. The number of benzene rings is 2. The third-order valence-electron chi connectivity index (χ3n) is 3.18. The van der Waals surface area contributed by atoms with E-state index in [2.05, 4.69) is 0 Å². The smallest absolute Gasteiger partial charge is 0.317 e. The van der Waals surface area contributed by atoms with Crippen molar-refractivity contribution in [2.45, 2.75) is 19.9 Å². The van der Waals surface area contributed by atoms with Gasteiger partial charge in [0.1, 0.15) is 11.5 Å². The second-order valence-corrected chi connectivity index (χ2v) is 5.17. The molecule has 22 heavy (non-hydrogen) atoms. The number of carboxylic acids is 1. The van der Waals surface area contributed by atoms with Crippen LogP contribution in [-0.4, -0.2) is 29.1 Å². The summed E-state index contributed by atoms with van der Waals surface area (Å²) in [7, 11) is 0. The van der Waals surface area contributed by atoms with Crippen LogP contribution >= 0.6 is 0 Å². The van der Waals surface area contributed by atoms with Crippen molar-refractivity contribution in [2.24, 2.45) is 0 Å². The first-order valence-electron chi connectivity index (χ1n) is 7.43. The van der Waals surface area contributed by atoms with Gasteiger partial charge in [0.2, 0.25) is 0 Å². The summed E-state index contributed by atoms with van der Waals surface area (Å²) in [4.78, 5) is 12.8. The van der Waals surface area contributed by atoms with Gasteiger partial charge in [-0.1, -0.05) is 37.3 Å². The van der Waals surface area contributed by atoms with E-state index in [0.29, 0.717) is 6.54 Å². The molecular weight excluding hydrogens is 278 g/mol. The number of carboxylic acid groups (broad SMARTS) is 1. The van der Waals surface area contributed by atoms with Crippen LogP contribution in [-0.2, 0) is 11.3 Å². The number of rotatable bonds is 8. The van der Waals surface area contributed by atoms with Crippen molar-refractivity contribution in [3.05, 3.63) is 60.2 Å². The molecule has 0 unspecified atom stereocenters. The van der Waals surface area contributed by atoms with E-state index in [4.69, 9.17) is 9.84 Å². The van der Waals surface area contributed by atoms with Gasteiger partial charge in [-0.3, -0.25) is 9.69 Å². The van der Waals surface area contributed by atoms with Gasteiger partial charge < -0.3 is 9.84 Å². The second kappa shape index (κ2) is 8.20. The van der Waals surface area contributed by atoms with Gasteiger partial charge in [-0.15, -0.1) is 0 Å². The molecule has 0 saturated carbocycles. The van der Waals surface area contributed by atoms with E-state index < -0.39 is 5.97 Å². The minimum atomic E-state index is -0.801. The number of hydrogen-bond donors (Lipinski definition) is 1. The van der Waals surface area contributed by atoms with Gasteiger partial charge in [0.05, 0.1) is 6.54 Å². The number of carbonyl (C=O) groups is 1. The second-order valence-electron chi connectivity index (χ2n) is 5.17. The first kappa shape index (κ1) is 16.0. The molecule has 4 heteroatoms. The first-order chi connectivity index (χ1) is 10.7. The summed E-state index contributed by atoms with van der Waals surface area (Å²) in [5.74, 6) is 0.746. The zero-order valence-electron chi connectivity index (χ0n) is 12.7. The molecule has 0 amide bonds. The molecule has 4 nitrogen and oxygen atoms in total. The van der Waals surface area contributed by atoms with Crippen molar-refractivity contribution < 1.29 is 14.6 Å². The minimum absolute atomic E-state index is 0.0532. The third kappa shape index (κ3) is 5.22. The fourth-order valence-electron chi connectivity index (χ4n) is 2.31. The van der Waals surface area contributed by atoms with Gasteiger partial charge in [0.15, 0.2) is 0 Å². The first-order valence-corrected chi connectivity index (χ1v) is 7.43. The lowest BCUT2D eigenvalue weighted by molar-refractivity contribution is -0.138. The average molecular weight is 299 g/mol. The third-order valence-corrected chi connectivity index (χ3v) is 3.18. The fraction of sp³-hybridized carbons (Fsp3) is 0.278. The molecule has 0 aromatic heterocycles. The lowest BCUT2D eigenvalue weighted by Crippen LogP contribution is -2.30. The Bertz CT molecular complexity index is 598. The van der Waals surface area contributed by atoms with Crippen molar-refractivity contribution in [3.8, 4) is 11.5 Å². The summed E-state index contributed by atoms with van der Waals surface area (Å²) in [6, 6.07) is 17.4. The molecule has 2 aromatic rings. The van der Waals surface area contributed by atoms with Crippen LogP contribution in [0.4, 0.5) is 0 Å². The molecule has 0 fully saturated rings. The largest absolute Gasteiger partial charge is 0.480 e. The molecule has 0 aliphatic heterocycles. The lowest BCUT2D eigenvalue weighted by Gasteiger charge is -2.19. The van der Waals surface area contributed by atoms with Crippen LogP contribution in [0.3, 0.4) is 0 Å². The highest BCUT2D eigenvalue weighted by atomic mass is 16.5. The monoisotopic (exact) mass is 299 g/mol. The van der Waals surface area contributed by atoms with Gasteiger partial charge in [0, 0.05) is 6.54 Å². The van der Waals surface area contributed by atoms with Crippen LogP contribution < -0.4 is 4.74 Å². The van der Waals surface area contributed by atoms with Crippen molar-refractivity contribution in [3.63, 3.8) is 0 Å². The van der Waals surface area contributed by atoms with E-state index in [1.54, 1.807) is 0 Å². The predicted octanol–water partition coefficient (Wildman–Crippen LogP) is 3.78. The quantitative estimate of drug-likeness (QED) is 0.806. The molecule has 0 radical (unpaired) electrons. The highest BCUT2D eigenvalue weighted by molar-refractivity contribution is 5.69. The van der Waals surface area contributed by atoms with E-state index in [0.717, 1.165) is 30.0 Å². The molecule has 0 aliphatic carbocycles. The molecule has 0 bridgehead atoms. The summed E-state index contributed by atoms with van der Waals surface area (Å²) >= 11 is 0. The number of ether oxygens (including phenoxy) is 1. The van der Waals surface area contributed by atoms with E-state index in [1.165, 1.54) is 0 Å². The molecule has 2 aromatic carbocycles. The molecular formula is C18H21NO3. The highest BCUT2D eigenvalue weighted by Gasteiger charge is 2.10. The summed E-state index contributed by atoms with van der Waals surface area (Å²) in [5.41, 5.74) is 1.04. The Labute approximate surface area is 131 Å². The Morgan fingerprint density at radius 1 is 1.09 bits per heavy atom. The number of hydrogen-bond acceptors (Lipinski definition) is 3. The van der Waals surface area contributed by atoms with E-state index in [9.17, 15) is 4.79 Å². The van der Waals surface area contributed by atoms with E-state index in [-0.39, 0.29) is 6.54 Å². The van der Waals surface area contributed by atoms with Crippen LogP contribution in [0.15, 0.2) is 54.6 Å². The zero-order valence-corrected chi connectivity index (χ0v) is 12.7. The van der Waals surface area contributed by atoms with Gasteiger partial charge in [-0.05, 0) is 42.8 Å². The molecule has 0 heterocycles. The average Bonchev–Trinajstić information content (AvgIpc) is 2.48. The van der Waals surface area contributed by atoms with Crippen molar-refractivity contribution in [2.75, 3.05) is 13.1 Å². The highest BCUT2D eigenvalue weighted by Crippen LogP contribution is 2.22. The topological polar surface area (TPSA) is 49.8 Å².